The maximum atomic E-state index is 2.42. The summed E-state index contributed by atoms with van der Waals surface area (Å²) in [7, 11) is 0. The van der Waals surface area contributed by atoms with Crippen molar-refractivity contribution < 1.29 is 0 Å². The van der Waals surface area contributed by atoms with E-state index in [1.807, 2.05) is 0 Å². The first-order chi connectivity index (χ1) is 6.95. The standard InChI is InChI=1S/C15H20/c1-8-7-14-12(5)10(3)11(4)13(6)15(14)9(8)2/h7,14H,1-6H3. The molecule has 0 radical (unpaired) electrons. The fraction of sp³-hybridized carbons (Fsp3) is 0.467. The van der Waals surface area contributed by atoms with E-state index in [0.29, 0.717) is 5.92 Å². The van der Waals surface area contributed by atoms with Crippen LogP contribution in [0.1, 0.15) is 41.5 Å². The van der Waals surface area contributed by atoms with Crippen LogP contribution >= 0.6 is 0 Å². The molecule has 0 bridgehead atoms. The van der Waals surface area contributed by atoms with Crippen LogP contribution in [0.5, 0.6) is 0 Å². The lowest BCUT2D eigenvalue weighted by Crippen LogP contribution is -2.11. The number of fused-ring (bicyclic) bond motifs is 1. The van der Waals surface area contributed by atoms with Gasteiger partial charge in [0, 0.05) is 5.92 Å². The highest BCUT2D eigenvalue weighted by molar-refractivity contribution is 5.62. The van der Waals surface area contributed by atoms with Gasteiger partial charge in [-0.3, -0.25) is 0 Å². The summed E-state index contributed by atoms with van der Waals surface area (Å²) in [5, 5.41) is 0. The van der Waals surface area contributed by atoms with Gasteiger partial charge in [-0.05, 0) is 69.4 Å². The lowest BCUT2D eigenvalue weighted by atomic mass is 9.78. The average Bonchev–Trinajstić information content (AvgIpc) is 2.50. The molecule has 0 amide bonds. The number of hydrogen-bond donors (Lipinski definition) is 0. The van der Waals surface area contributed by atoms with Crippen LogP contribution in [-0.2, 0) is 0 Å². The van der Waals surface area contributed by atoms with Crippen molar-refractivity contribution in [2.45, 2.75) is 41.5 Å². The Bertz CT molecular complexity index is 450. The molecule has 0 nitrogen and oxygen atoms in total. The smallest absolute Gasteiger partial charge is 0.0242 e. The molecule has 0 heterocycles. The van der Waals surface area contributed by atoms with Gasteiger partial charge in [0.1, 0.15) is 0 Å². The zero-order valence-corrected chi connectivity index (χ0v) is 10.7. The van der Waals surface area contributed by atoms with E-state index in [9.17, 15) is 0 Å². The molecule has 0 aliphatic heterocycles. The summed E-state index contributed by atoms with van der Waals surface area (Å²) in [5.41, 5.74) is 10.5. The molecule has 0 aromatic rings. The Morgan fingerprint density at radius 1 is 0.733 bits per heavy atom. The van der Waals surface area contributed by atoms with E-state index < -0.39 is 0 Å². The monoisotopic (exact) mass is 200 g/mol. The second kappa shape index (κ2) is 3.23. The Balaban J connectivity index is 2.70. The van der Waals surface area contributed by atoms with E-state index in [1.165, 1.54) is 33.4 Å². The van der Waals surface area contributed by atoms with Gasteiger partial charge in [0.25, 0.3) is 0 Å². The highest BCUT2D eigenvalue weighted by Gasteiger charge is 2.29. The predicted octanol–water partition coefficient (Wildman–Crippen LogP) is 4.57. The normalized spacial score (nSPS) is 26.3. The van der Waals surface area contributed by atoms with Crippen LogP contribution in [0.3, 0.4) is 0 Å². The minimum Gasteiger partial charge on any atom is -0.0697 e. The summed E-state index contributed by atoms with van der Waals surface area (Å²) in [6.07, 6.45) is 2.42. The Kier molecular flexibility index (Phi) is 2.26. The van der Waals surface area contributed by atoms with Gasteiger partial charge in [0.2, 0.25) is 0 Å². The molecule has 0 aromatic heterocycles. The van der Waals surface area contributed by atoms with Crippen molar-refractivity contribution in [3.8, 4) is 0 Å². The molecule has 1 unspecified atom stereocenters. The van der Waals surface area contributed by atoms with Crippen molar-refractivity contribution in [1.82, 2.24) is 0 Å². The van der Waals surface area contributed by atoms with E-state index in [0.717, 1.165) is 0 Å². The Hall–Kier alpha value is -1.04. The molecule has 15 heavy (non-hydrogen) atoms. The van der Waals surface area contributed by atoms with Crippen molar-refractivity contribution in [1.29, 1.82) is 0 Å². The topological polar surface area (TPSA) is 0 Å². The number of rotatable bonds is 0. The van der Waals surface area contributed by atoms with Crippen LogP contribution in [-0.4, -0.2) is 0 Å². The third kappa shape index (κ3) is 1.27. The van der Waals surface area contributed by atoms with Gasteiger partial charge in [-0.1, -0.05) is 17.2 Å². The van der Waals surface area contributed by atoms with Gasteiger partial charge in [0.05, 0.1) is 0 Å². The number of hydrogen-bond acceptors (Lipinski definition) is 0. The molecule has 0 heteroatoms. The molecule has 0 saturated heterocycles. The zero-order valence-electron chi connectivity index (χ0n) is 10.7. The van der Waals surface area contributed by atoms with E-state index in [4.69, 9.17) is 0 Å². The molecule has 1 atom stereocenters. The molecule has 0 aromatic carbocycles. The van der Waals surface area contributed by atoms with E-state index in [1.54, 1.807) is 5.57 Å². The maximum absolute atomic E-state index is 2.42. The summed E-state index contributed by atoms with van der Waals surface area (Å²) in [4.78, 5) is 0. The summed E-state index contributed by atoms with van der Waals surface area (Å²) in [6.45, 7) is 13.5. The van der Waals surface area contributed by atoms with Crippen molar-refractivity contribution in [3.05, 3.63) is 45.1 Å². The average molecular weight is 200 g/mol. The molecular formula is C15H20. The Morgan fingerprint density at radius 2 is 1.33 bits per heavy atom. The fourth-order valence-corrected chi connectivity index (χ4v) is 2.77. The molecule has 2 aliphatic carbocycles. The van der Waals surface area contributed by atoms with Crippen molar-refractivity contribution >= 4 is 0 Å². The highest BCUT2D eigenvalue weighted by atomic mass is 14.3. The largest absolute Gasteiger partial charge is 0.0697 e. The molecule has 0 fully saturated rings. The lowest BCUT2D eigenvalue weighted by molar-refractivity contribution is 0.861. The minimum absolute atomic E-state index is 0.564. The van der Waals surface area contributed by atoms with Crippen LogP contribution in [0.15, 0.2) is 45.1 Å². The van der Waals surface area contributed by atoms with Crippen LogP contribution in [0, 0.1) is 5.92 Å². The quantitative estimate of drug-likeness (QED) is 0.537. The lowest BCUT2D eigenvalue weighted by Gasteiger charge is -2.27. The zero-order chi connectivity index (χ0) is 11.3. The second-order valence-electron chi connectivity index (χ2n) is 4.92. The van der Waals surface area contributed by atoms with Crippen LogP contribution in [0.2, 0.25) is 0 Å². The summed E-state index contributed by atoms with van der Waals surface area (Å²) < 4.78 is 0. The summed E-state index contributed by atoms with van der Waals surface area (Å²) in [5.74, 6) is 0.564. The molecule has 0 N–H and O–H groups in total. The third-order valence-electron chi connectivity index (χ3n) is 4.31. The van der Waals surface area contributed by atoms with E-state index in [2.05, 4.69) is 47.6 Å². The molecule has 2 aliphatic rings. The molecular weight excluding hydrogens is 180 g/mol. The third-order valence-corrected chi connectivity index (χ3v) is 4.31. The van der Waals surface area contributed by atoms with E-state index >= 15 is 0 Å². The number of allylic oxidation sites excluding steroid dienone is 8. The van der Waals surface area contributed by atoms with Crippen molar-refractivity contribution in [2.24, 2.45) is 5.92 Å². The van der Waals surface area contributed by atoms with E-state index in [-0.39, 0.29) is 0 Å². The van der Waals surface area contributed by atoms with Gasteiger partial charge in [-0.25, -0.2) is 0 Å². The summed E-state index contributed by atoms with van der Waals surface area (Å²) >= 11 is 0. The molecule has 2 rings (SSSR count). The SMILES string of the molecule is CC1=CC2C(C)=C(C)C(C)=C(C)C2=C1C. The highest BCUT2D eigenvalue weighted by Crippen LogP contribution is 2.45. The Morgan fingerprint density at radius 3 is 1.93 bits per heavy atom. The van der Waals surface area contributed by atoms with Gasteiger partial charge in [0.15, 0.2) is 0 Å². The Labute approximate surface area is 93.1 Å². The first-order valence-electron chi connectivity index (χ1n) is 5.70. The van der Waals surface area contributed by atoms with Gasteiger partial charge in [-0.2, -0.15) is 0 Å². The maximum Gasteiger partial charge on any atom is 0.0242 e. The fourth-order valence-electron chi connectivity index (χ4n) is 2.77. The van der Waals surface area contributed by atoms with Gasteiger partial charge in [-0.15, -0.1) is 0 Å². The predicted molar refractivity (Wildman–Crippen MR) is 66.7 cm³/mol. The molecule has 0 spiro atoms. The first-order valence-corrected chi connectivity index (χ1v) is 5.70. The van der Waals surface area contributed by atoms with Crippen LogP contribution < -0.4 is 0 Å². The van der Waals surface area contributed by atoms with Gasteiger partial charge >= 0.3 is 0 Å². The first kappa shape index (κ1) is 10.5. The molecule has 80 valence electrons. The van der Waals surface area contributed by atoms with Crippen molar-refractivity contribution in [3.63, 3.8) is 0 Å². The minimum atomic E-state index is 0.564. The van der Waals surface area contributed by atoms with Crippen molar-refractivity contribution in [2.75, 3.05) is 0 Å². The van der Waals surface area contributed by atoms with Gasteiger partial charge < -0.3 is 0 Å². The molecule has 0 saturated carbocycles. The summed E-state index contributed by atoms with van der Waals surface area (Å²) in [6, 6.07) is 0. The van der Waals surface area contributed by atoms with Crippen LogP contribution in [0.25, 0.3) is 0 Å². The second-order valence-corrected chi connectivity index (χ2v) is 4.92. The van der Waals surface area contributed by atoms with Crippen LogP contribution in [0.4, 0.5) is 0 Å².